The standard InChI is InChI=1S/C22H30O4/c1-21-11-4-6-17(9-8-16-5-3-7-18(15-16)24-2)22(21,23)12-10-19(21)20-25-13-14-26-20/h3,5,7,9,15,19-20,23H,4,6,8,10-14H2,1-2H3/b17-9+/t19-,21-,22+/m1/s1. The van der Waals surface area contributed by atoms with Crippen molar-refractivity contribution in [2.24, 2.45) is 11.3 Å². The topological polar surface area (TPSA) is 47.9 Å². The molecule has 1 aromatic rings. The summed E-state index contributed by atoms with van der Waals surface area (Å²) in [7, 11) is 1.69. The maximum Gasteiger partial charge on any atom is 0.161 e. The Morgan fingerprint density at radius 1 is 1.27 bits per heavy atom. The number of aliphatic hydroxyl groups is 1. The van der Waals surface area contributed by atoms with Crippen molar-refractivity contribution in [1.29, 1.82) is 0 Å². The lowest BCUT2D eigenvalue weighted by atomic mass is 9.60. The summed E-state index contributed by atoms with van der Waals surface area (Å²) in [6.07, 6.45) is 7.84. The van der Waals surface area contributed by atoms with E-state index in [0.29, 0.717) is 13.2 Å². The van der Waals surface area contributed by atoms with Crippen molar-refractivity contribution in [3.63, 3.8) is 0 Å². The van der Waals surface area contributed by atoms with Crippen LogP contribution in [0.3, 0.4) is 0 Å². The molecule has 1 aliphatic heterocycles. The molecule has 1 saturated heterocycles. The molecule has 4 rings (SSSR count). The number of hydrogen-bond acceptors (Lipinski definition) is 4. The van der Waals surface area contributed by atoms with Gasteiger partial charge < -0.3 is 19.3 Å². The molecular weight excluding hydrogens is 328 g/mol. The number of allylic oxidation sites excluding steroid dienone is 1. The van der Waals surface area contributed by atoms with E-state index < -0.39 is 5.60 Å². The second-order valence-corrected chi connectivity index (χ2v) is 8.17. The van der Waals surface area contributed by atoms with Gasteiger partial charge >= 0.3 is 0 Å². The number of ether oxygens (including phenoxy) is 3. The van der Waals surface area contributed by atoms with E-state index >= 15 is 0 Å². The zero-order valence-corrected chi connectivity index (χ0v) is 15.9. The van der Waals surface area contributed by atoms with Gasteiger partial charge in [-0.25, -0.2) is 0 Å². The van der Waals surface area contributed by atoms with Gasteiger partial charge in [0, 0.05) is 11.3 Å². The van der Waals surface area contributed by atoms with Crippen molar-refractivity contribution in [1.82, 2.24) is 0 Å². The fourth-order valence-corrected chi connectivity index (χ4v) is 5.40. The first-order valence-corrected chi connectivity index (χ1v) is 9.85. The van der Waals surface area contributed by atoms with Crippen molar-refractivity contribution < 1.29 is 19.3 Å². The number of fused-ring (bicyclic) bond motifs is 1. The van der Waals surface area contributed by atoms with E-state index in [0.717, 1.165) is 44.3 Å². The fourth-order valence-electron chi connectivity index (χ4n) is 5.40. The molecule has 4 heteroatoms. The normalized spacial score (nSPS) is 36.4. The van der Waals surface area contributed by atoms with Gasteiger partial charge in [0.2, 0.25) is 0 Å². The Morgan fingerprint density at radius 2 is 2.08 bits per heavy atom. The number of hydrogen-bond donors (Lipinski definition) is 1. The van der Waals surface area contributed by atoms with Crippen LogP contribution in [0.15, 0.2) is 35.9 Å². The largest absolute Gasteiger partial charge is 0.497 e. The van der Waals surface area contributed by atoms with Gasteiger partial charge in [-0.15, -0.1) is 0 Å². The highest BCUT2D eigenvalue weighted by atomic mass is 16.7. The molecule has 0 bridgehead atoms. The molecular formula is C22H30O4. The van der Waals surface area contributed by atoms with Crippen molar-refractivity contribution in [3.05, 3.63) is 41.5 Å². The Labute approximate surface area is 156 Å². The minimum Gasteiger partial charge on any atom is -0.497 e. The minimum absolute atomic E-state index is 0.147. The zero-order valence-electron chi connectivity index (χ0n) is 15.9. The van der Waals surface area contributed by atoms with Gasteiger partial charge in [0.05, 0.1) is 25.9 Å². The molecule has 26 heavy (non-hydrogen) atoms. The molecule has 3 aliphatic rings. The van der Waals surface area contributed by atoms with E-state index in [9.17, 15) is 5.11 Å². The molecule has 2 aliphatic carbocycles. The van der Waals surface area contributed by atoms with E-state index in [4.69, 9.17) is 14.2 Å². The van der Waals surface area contributed by atoms with E-state index in [2.05, 4.69) is 25.1 Å². The van der Waals surface area contributed by atoms with Crippen molar-refractivity contribution >= 4 is 0 Å². The van der Waals surface area contributed by atoms with Crippen LogP contribution in [0, 0.1) is 11.3 Å². The van der Waals surface area contributed by atoms with Crippen LogP contribution in [0.4, 0.5) is 0 Å². The van der Waals surface area contributed by atoms with Gasteiger partial charge in [0.15, 0.2) is 6.29 Å². The van der Waals surface area contributed by atoms with Crippen molar-refractivity contribution in [2.45, 2.75) is 57.3 Å². The third-order valence-corrected chi connectivity index (χ3v) is 6.95. The van der Waals surface area contributed by atoms with Gasteiger partial charge in [-0.05, 0) is 61.8 Å². The van der Waals surface area contributed by atoms with E-state index in [1.54, 1.807) is 7.11 Å². The van der Waals surface area contributed by atoms with E-state index in [1.165, 1.54) is 11.1 Å². The molecule has 2 saturated carbocycles. The predicted molar refractivity (Wildman–Crippen MR) is 100 cm³/mol. The Bertz CT molecular complexity index is 678. The Kier molecular flexibility index (Phi) is 4.84. The summed E-state index contributed by atoms with van der Waals surface area (Å²) in [5.41, 5.74) is 1.52. The first kappa shape index (κ1) is 18.0. The number of benzene rings is 1. The SMILES string of the molecule is COc1cccc(C/C=C2\CCC[C@]3(C)[C@@H](C4OCCO4)CC[C@]23O)c1. The monoisotopic (exact) mass is 358 g/mol. The van der Waals surface area contributed by atoms with Crippen molar-refractivity contribution in [2.75, 3.05) is 20.3 Å². The molecule has 3 atom stereocenters. The third-order valence-electron chi connectivity index (χ3n) is 6.95. The van der Waals surface area contributed by atoms with Crippen LogP contribution in [-0.4, -0.2) is 37.3 Å². The summed E-state index contributed by atoms with van der Waals surface area (Å²) >= 11 is 0. The van der Waals surface area contributed by atoms with Crippen LogP contribution >= 0.6 is 0 Å². The second kappa shape index (κ2) is 6.99. The molecule has 142 valence electrons. The third kappa shape index (κ3) is 2.88. The molecule has 0 spiro atoms. The molecule has 0 aromatic heterocycles. The van der Waals surface area contributed by atoms with Crippen LogP contribution in [-0.2, 0) is 15.9 Å². The van der Waals surface area contributed by atoms with Crippen LogP contribution in [0.2, 0.25) is 0 Å². The number of rotatable bonds is 4. The Morgan fingerprint density at radius 3 is 2.85 bits per heavy atom. The van der Waals surface area contributed by atoms with Gasteiger partial charge in [0.1, 0.15) is 5.75 Å². The molecule has 4 nitrogen and oxygen atoms in total. The average Bonchev–Trinajstić information content (AvgIpc) is 3.26. The fraction of sp³-hybridized carbons (Fsp3) is 0.636. The molecule has 0 unspecified atom stereocenters. The lowest BCUT2D eigenvalue weighted by Crippen LogP contribution is -2.51. The first-order chi connectivity index (χ1) is 12.6. The summed E-state index contributed by atoms with van der Waals surface area (Å²) in [5, 5.41) is 11.7. The lowest BCUT2D eigenvalue weighted by Gasteiger charge is -2.49. The molecule has 1 aromatic carbocycles. The van der Waals surface area contributed by atoms with Gasteiger partial charge in [-0.3, -0.25) is 0 Å². The molecule has 0 amide bonds. The number of methoxy groups -OCH3 is 1. The van der Waals surface area contributed by atoms with Gasteiger partial charge in [-0.2, -0.15) is 0 Å². The van der Waals surface area contributed by atoms with Gasteiger partial charge in [0.25, 0.3) is 0 Å². The van der Waals surface area contributed by atoms with E-state index in [1.807, 2.05) is 12.1 Å². The summed E-state index contributed by atoms with van der Waals surface area (Å²) in [6.45, 7) is 3.59. The lowest BCUT2D eigenvalue weighted by molar-refractivity contribution is -0.147. The summed E-state index contributed by atoms with van der Waals surface area (Å²) in [6, 6.07) is 8.17. The van der Waals surface area contributed by atoms with Crippen molar-refractivity contribution in [3.8, 4) is 5.75 Å². The van der Waals surface area contributed by atoms with Gasteiger partial charge in [-0.1, -0.05) is 25.1 Å². The predicted octanol–water partition coefficient (Wildman–Crippen LogP) is 3.87. The Hall–Kier alpha value is -1.36. The summed E-state index contributed by atoms with van der Waals surface area (Å²) in [4.78, 5) is 0. The maximum atomic E-state index is 11.7. The molecule has 1 N–H and O–H groups in total. The minimum atomic E-state index is -0.732. The van der Waals surface area contributed by atoms with Crippen LogP contribution in [0.5, 0.6) is 5.75 Å². The van der Waals surface area contributed by atoms with Crippen LogP contribution in [0.1, 0.15) is 44.6 Å². The second-order valence-electron chi connectivity index (χ2n) is 8.17. The quantitative estimate of drug-likeness (QED) is 0.830. The first-order valence-electron chi connectivity index (χ1n) is 9.85. The maximum absolute atomic E-state index is 11.7. The smallest absolute Gasteiger partial charge is 0.161 e. The highest BCUT2D eigenvalue weighted by Gasteiger charge is 2.61. The molecule has 3 fully saturated rings. The molecule has 0 radical (unpaired) electrons. The van der Waals surface area contributed by atoms with Crippen LogP contribution < -0.4 is 4.74 Å². The Balaban J connectivity index is 1.57. The highest BCUT2D eigenvalue weighted by Crippen LogP contribution is 2.61. The van der Waals surface area contributed by atoms with Crippen LogP contribution in [0.25, 0.3) is 0 Å². The summed E-state index contributed by atoms with van der Waals surface area (Å²) < 4.78 is 17.0. The highest BCUT2D eigenvalue weighted by molar-refractivity contribution is 5.33. The summed E-state index contributed by atoms with van der Waals surface area (Å²) in [5.74, 6) is 1.15. The average molecular weight is 358 g/mol. The molecule has 1 heterocycles. The van der Waals surface area contributed by atoms with E-state index in [-0.39, 0.29) is 17.6 Å². The zero-order chi connectivity index (χ0) is 18.2.